The van der Waals surface area contributed by atoms with Crippen LogP contribution in [0.3, 0.4) is 0 Å². The van der Waals surface area contributed by atoms with Gasteiger partial charge >= 0.3 is 6.03 Å². The van der Waals surface area contributed by atoms with Crippen molar-refractivity contribution in [2.75, 3.05) is 13.2 Å². The number of urea groups is 1. The van der Waals surface area contributed by atoms with Gasteiger partial charge in [0.05, 0.1) is 6.54 Å². The molecule has 0 unspecified atom stereocenters. The highest BCUT2D eigenvalue weighted by Crippen LogP contribution is 2.20. The third-order valence-corrected chi connectivity index (χ3v) is 4.10. The van der Waals surface area contributed by atoms with Gasteiger partial charge in [-0.2, -0.15) is 0 Å². The zero-order valence-corrected chi connectivity index (χ0v) is 14.9. The van der Waals surface area contributed by atoms with E-state index in [0.29, 0.717) is 12.4 Å². The van der Waals surface area contributed by atoms with Gasteiger partial charge in [-0.3, -0.25) is 9.69 Å². The molecule has 3 rings (SSSR count). The van der Waals surface area contributed by atoms with E-state index in [9.17, 15) is 9.59 Å². The first-order valence-corrected chi connectivity index (χ1v) is 8.49. The molecule has 0 saturated carbocycles. The summed E-state index contributed by atoms with van der Waals surface area (Å²) in [5.74, 6) is 1.16. The van der Waals surface area contributed by atoms with Gasteiger partial charge < -0.3 is 14.8 Å². The van der Waals surface area contributed by atoms with Crippen molar-refractivity contribution in [3.05, 3.63) is 60.2 Å². The molecule has 6 nitrogen and oxygen atoms in total. The fraction of sp³-hybridized carbons (Fsp3) is 0.300. The maximum atomic E-state index is 12.1. The molecular weight excluding hydrogens is 332 g/mol. The summed E-state index contributed by atoms with van der Waals surface area (Å²) in [5, 5.41) is 2.64. The van der Waals surface area contributed by atoms with Crippen LogP contribution in [0.2, 0.25) is 0 Å². The average Bonchev–Trinajstić information content (AvgIpc) is 2.83. The summed E-state index contributed by atoms with van der Waals surface area (Å²) in [5.41, 5.74) is 0.249. The van der Waals surface area contributed by atoms with Crippen LogP contribution in [0.4, 0.5) is 4.79 Å². The van der Waals surface area contributed by atoms with Crippen LogP contribution in [0.5, 0.6) is 11.5 Å². The van der Waals surface area contributed by atoms with Crippen molar-refractivity contribution in [2.45, 2.75) is 26.0 Å². The average molecular weight is 354 g/mol. The number of carbonyl (C=O) groups excluding carboxylic acids is 2. The molecule has 6 heteroatoms. The molecule has 136 valence electrons. The molecular formula is C20H22N2O4. The van der Waals surface area contributed by atoms with Crippen molar-refractivity contribution in [3.63, 3.8) is 0 Å². The number of amides is 3. The van der Waals surface area contributed by atoms with Gasteiger partial charge in [0.1, 0.15) is 30.3 Å². The van der Waals surface area contributed by atoms with Crippen LogP contribution in [0.15, 0.2) is 54.6 Å². The number of benzene rings is 2. The van der Waals surface area contributed by atoms with E-state index in [-0.39, 0.29) is 25.1 Å². The second-order valence-corrected chi connectivity index (χ2v) is 6.61. The lowest BCUT2D eigenvalue weighted by Crippen LogP contribution is -2.40. The van der Waals surface area contributed by atoms with Gasteiger partial charge in [0.25, 0.3) is 5.91 Å². The van der Waals surface area contributed by atoms with Gasteiger partial charge in [0.2, 0.25) is 0 Å². The summed E-state index contributed by atoms with van der Waals surface area (Å²) in [6.07, 6.45) is 0. The molecule has 0 bridgehead atoms. The highest BCUT2D eigenvalue weighted by atomic mass is 16.5. The summed E-state index contributed by atoms with van der Waals surface area (Å²) in [7, 11) is 0. The second kappa shape index (κ2) is 7.47. The Morgan fingerprint density at radius 3 is 2.12 bits per heavy atom. The Balaban J connectivity index is 1.46. The third kappa shape index (κ3) is 4.14. The first-order valence-electron chi connectivity index (χ1n) is 8.49. The number of imide groups is 1. The fourth-order valence-electron chi connectivity index (χ4n) is 2.65. The second-order valence-electron chi connectivity index (χ2n) is 6.61. The van der Waals surface area contributed by atoms with E-state index in [4.69, 9.17) is 9.47 Å². The zero-order chi connectivity index (χ0) is 18.6. The highest BCUT2D eigenvalue weighted by molar-refractivity contribution is 6.06. The van der Waals surface area contributed by atoms with Crippen molar-refractivity contribution < 1.29 is 19.1 Å². The normalized spacial score (nSPS) is 15.7. The minimum Gasteiger partial charge on any atom is -0.492 e. The molecule has 2 aromatic rings. The highest BCUT2D eigenvalue weighted by Gasteiger charge is 2.43. The predicted molar refractivity (Wildman–Crippen MR) is 97.0 cm³/mol. The summed E-state index contributed by atoms with van der Waals surface area (Å²) in [6, 6.07) is 16.8. The maximum absolute atomic E-state index is 12.1. The van der Waals surface area contributed by atoms with E-state index >= 15 is 0 Å². The van der Waals surface area contributed by atoms with Gasteiger partial charge in [0.15, 0.2) is 0 Å². The van der Waals surface area contributed by atoms with Crippen LogP contribution in [0, 0.1) is 0 Å². The number of nitrogens with zero attached hydrogens (tertiary/aromatic N) is 1. The van der Waals surface area contributed by atoms with Crippen LogP contribution in [0.25, 0.3) is 0 Å². The van der Waals surface area contributed by atoms with E-state index in [2.05, 4.69) is 5.32 Å². The Bertz CT molecular complexity index is 772. The van der Waals surface area contributed by atoms with E-state index in [1.54, 1.807) is 26.0 Å². The standard InChI is InChI=1S/C20H22N2O4/c1-20(2)18(23)22(19(24)21-20)12-13-25-16-8-10-17(11-9-16)26-14-15-6-4-3-5-7-15/h3-11H,12-14H2,1-2H3,(H,21,24). The zero-order valence-electron chi connectivity index (χ0n) is 14.9. The van der Waals surface area contributed by atoms with Gasteiger partial charge in [-0.25, -0.2) is 4.79 Å². The number of carbonyl (C=O) groups is 2. The Labute approximate surface area is 152 Å². The molecule has 1 heterocycles. The molecule has 2 aromatic carbocycles. The quantitative estimate of drug-likeness (QED) is 0.776. The minimum absolute atomic E-state index is 0.209. The van der Waals surface area contributed by atoms with Crippen molar-refractivity contribution in [3.8, 4) is 11.5 Å². The van der Waals surface area contributed by atoms with Crippen molar-refractivity contribution in [2.24, 2.45) is 0 Å². The Hall–Kier alpha value is -3.02. The fourth-order valence-corrected chi connectivity index (χ4v) is 2.65. The summed E-state index contributed by atoms with van der Waals surface area (Å²) >= 11 is 0. The number of rotatable bonds is 7. The molecule has 1 saturated heterocycles. The first-order chi connectivity index (χ1) is 12.5. The topological polar surface area (TPSA) is 67.9 Å². The molecule has 1 aliphatic heterocycles. The van der Waals surface area contributed by atoms with Gasteiger partial charge in [-0.05, 0) is 43.7 Å². The van der Waals surface area contributed by atoms with Crippen molar-refractivity contribution >= 4 is 11.9 Å². The van der Waals surface area contributed by atoms with E-state index in [0.717, 1.165) is 11.3 Å². The molecule has 1 aliphatic rings. The van der Waals surface area contributed by atoms with Crippen LogP contribution in [0.1, 0.15) is 19.4 Å². The smallest absolute Gasteiger partial charge is 0.325 e. The molecule has 0 aliphatic carbocycles. The molecule has 0 atom stereocenters. The lowest BCUT2D eigenvalue weighted by Gasteiger charge is -2.16. The van der Waals surface area contributed by atoms with Crippen LogP contribution in [-0.4, -0.2) is 35.5 Å². The van der Waals surface area contributed by atoms with E-state index < -0.39 is 5.54 Å². The molecule has 1 fully saturated rings. The van der Waals surface area contributed by atoms with Crippen LogP contribution in [-0.2, 0) is 11.4 Å². The minimum atomic E-state index is -0.852. The lowest BCUT2D eigenvalue weighted by atomic mass is 10.1. The van der Waals surface area contributed by atoms with Crippen molar-refractivity contribution in [1.82, 2.24) is 10.2 Å². The van der Waals surface area contributed by atoms with Crippen molar-refractivity contribution in [1.29, 1.82) is 0 Å². The molecule has 0 radical (unpaired) electrons. The summed E-state index contributed by atoms with van der Waals surface area (Å²) in [4.78, 5) is 25.1. The van der Waals surface area contributed by atoms with Gasteiger partial charge in [-0.15, -0.1) is 0 Å². The third-order valence-electron chi connectivity index (χ3n) is 4.10. The lowest BCUT2D eigenvalue weighted by molar-refractivity contribution is -0.130. The SMILES string of the molecule is CC1(C)NC(=O)N(CCOc2ccc(OCc3ccccc3)cc2)C1=O. The predicted octanol–water partition coefficient (Wildman–Crippen LogP) is 2.97. The molecule has 3 amide bonds. The van der Waals surface area contributed by atoms with Crippen LogP contribution >= 0.6 is 0 Å². The monoisotopic (exact) mass is 354 g/mol. The molecule has 1 N–H and O–H groups in total. The molecule has 26 heavy (non-hydrogen) atoms. The number of nitrogens with one attached hydrogen (secondary N) is 1. The van der Waals surface area contributed by atoms with Gasteiger partial charge in [0, 0.05) is 0 Å². The van der Waals surface area contributed by atoms with E-state index in [1.165, 1.54) is 4.90 Å². The first kappa shape index (κ1) is 17.8. The Morgan fingerprint density at radius 1 is 0.923 bits per heavy atom. The largest absolute Gasteiger partial charge is 0.492 e. The summed E-state index contributed by atoms with van der Waals surface area (Å²) < 4.78 is 11.3. The van der Waals surface area contributed by atoms with Crippen LogP contribution < -0.4 is 14.8 Å². The van der Waals surface area contributed by atoms with Gasteiger partial charge in [-0.1, -0.05) is 30.3 Å². The van der Waals surface area contributed by atoms with E-state index in [1.807, 2.05) is 42.5 Å². The number of hydrogen-bond acceptors (Lipinski definition) is 4. The number of hydrogen-bond donors (Lipinski definition) is 1. The Morgan fingerprint density at radius 2 is 1.54 bits per heavy atom. The number of ether oxygens (including phenoxy) is 2. The molecule has 0 aromatic heterocycles. The Kier molecular flexibility index (Phi) is 5.11. The molecule has 0 spiro atoms. The maximum Gasteiger partial charge on any atom is 0.325 e. The summed E-state index contributed by atoms with van der Waals surface area (Å²) in [6.45, 7) is 4.31.